The van der Waals surface area contributed by atoms with Gasteiger partial charge < -0.3 is 9.84 Å². The van der Waals surface area contributed by atoms with E-state index >= 15 is 0 Å². The van der Waals surface area contributed by atoms with Crippen LogP contribution in [0.25, 0.3) is 0 Å². The van der Waals surface area contributed by atoms with Crippen LogP contribution in [-0.4, -0.2) is 29.3 Å². The summed E-state index contributed by atoms with van der Waals surface area (Å²) in [4.78, 5) is 0. The number of rotatable bonds is 10. The second kappa shape index (κ2) is 10.3. The van der Waals surface area contributed by atoms with Crippen molar-refractivity contribution in [3.05, 3.63) is 30.3 Å². The topological polar surface area (TPSA) is 29.5 Å². The first kappa shape index (κ1) is 15.4. The Labute approximate surface area is 115 Å². The van der Waals surface area contributed by atoms with Gasteiger partial charge in [0.1, 0.15) is 12.4 Å². The molecule has 0 bridgehead atoms. The molecule has 0 aliphatic carbocycles. The summed E-state index contributed by atoms with van der Waals surface area (Å²) in [6.45, 7) is 2.60. The highest BCUT2D eigenvalue weighted by atomic mass is 32.2. The number of hydrogen-bond donors (Lipinski definition) is 1. The quantitative estimate of drug-likeness (QED) is 0.656. The fraction of sp³-hybridized carbons (Fsp3) is 0.600. The van der Waals surface area contributed by atoms with Crippen LogP contribution in [-0.2, 0) is 0 Å². The summed E-state index contributed by atoms with van der Waals surface area (Å²) in [6, 6.07) is 9.64. The monoisotopic (exact) mass is 268 g/mol. The number of ether oxygens (including phenoxy) is 1. The summed E-state index contributed by atoms with van der Waals surface area (Å²) < 4.78 is 5.50. The average Bonchev–Trinajstić information content (AvgIpc) is 2.41. The summed E-state index contributed by atoms with van der Waals surface area (Å²) in [5, 5.41) is 9.77. The van der Waals surface area contributed by atoms with Gasteiger partial charge in [-0.05, 0) is 24.3 Å². The molecule has 0 aliphatic rings. The van der Waals surface area contributed by atoms with Crippen molar-refractivity contribution in [1.82, 2.24) is 0 Å². The fourth-order valence-corrected chi connectivity index (χ4v) is 2.55. The van der Waals surface area contributed by atoms with Crippen molar-refractivity contribution in [1.29, 1.82) is 0 Å². The second-order valence-corrected chi connectivity index (χ2v) is 5.56. The van der Waals surface area contributed by atoms with Crippen LogP contribution in [0.15, 0.2) is 30.3 Å². The van der Waals surface area contributed by atoms with E-state index in [1.54, 1.807) is 0 Å². The van der Waals surface area contributed by atoms with Gasteiger partial charge in [-0.25, -0.2) is 0 Å². The first-order chi connectivity index (χ1) is 8.83. The minimum atomic E-state index is -0.374. The zero-order chi connectivity index (χ0) is 13.1. The van der Waals surface area contributed by atoms with Gasteiger partial charge in [0, 0.05) is 5.75 Å². The lowest BCUT2D eigenvalue weighted by Crippen LogP contribution is -2.20. The molecule has 0 aliphatic heterocycles. The fourth-order valence-electron chi connectivity index (χ4n) is 1.61. The zero-order valence-electron chi connectivity index (χ0n) is 11.2. The molecule has 102 valence electrons. The zero-order valence-corrected chi connectivity index (χ0v) is 12.0. The van der Waals surface area contributed by atoms with Gasteiger partial charge in [0.05, 0.1) is 6.10 Å². The van der Waals surface area contributed by atoms with Gasteiger partial charge in [0.25, 0.3) is 0 Å². The molecule has 0 saturated carbocycles. The molecular formula is C15H24O2S. The highest BCUT2D eigenvalue weighted by Gasteiger charge is 2.05. The highest BCUT2D eigenvalue weighted by Crippen LogP contribution is 2.11. The van der Waals surface area contributed by atoms with E-state index in [1.807, 2.05) is 42.1 Å². The molecule has 0 saturated heterocycles. The van der Waals surface area contributed by atoms with Crippen LogP contribution in [0.1, 0.15) is 32.6 Å². The standard InChI is InChI=1S/C15H24O2S/c1-2-3-4-8-11-18-13-14(16)12-17-15-9-6-5-7-10-15/h5-7,9-10,14,16H,2-4,8,11-13H2,1H3. The lowest BCUT2D eigenvalue weighted by Gasteiger charge is -2.11. The molecule has 0 spiro atoms. The van der Waals surface area contributed by atoms with Crippen molar-refractivity contribution < 1.29 is 9.84 Å². The predicted molar refractivity (Wildman–Crippen MR) is 79.4 cm³/mol. The Hall–Kier alpha value is -0.670. The van der Waals surface area contributed by atoms with Crippen molar-refractivity contribution in [3.63, 3.8) is 0 Å². The second-order valence-electron chi connectivity index (χ2n) is 4.41. The van der Waals surface area contributed by atoms with E-state index < -0.39 is 0 Å². The van der Waals surface area contributed by atoms with Gasteiger partial charge in [0.15, 0.2) is 0 Å². The normalized spacial score (nSPS) is 12.3. The molecule has 1 aromatic rings. The first-order valence-electron chi connectivity index (χ1n) is 6.76. The van der Waals surface area contributed by atoms with Crippen LogP contribution < -0.4 is 4.74 Å². The van der Waals surface area contributed by atoms with Gasteiger partial charge in [0.2, 0.25) is 0 Å². The van der Waals surface area contributed by atoms with Crippen molar-refractivity contribution in [2.75, 3.05) is 18.1 Å². The lowest BCUT2D eigenvalue weighted by molar-refractivity contribution is 0.126. The van der Waals surface area contributed by atoms with Crippen LogP contribution >= 0.6 is 11.8 Å². The Kier molecular flexibility index (Phi) is 8.78. The third-order valence-corrected chi connectivity index (χ3v) is 3.84. The predicted octanol–water partition coefficient (Wildman–Crippen LogP) is 3.74. The molecule has 1 N–H and O–H groups in total. The van der Waals surface area contributed by atoms with E-state index in [0.29, 0.717) is 6.61 Å². The number of benzene rings is 1. The molecule has 1 atom stereocenters. The molecule has 0 radical (unpaired) electrons. The lowest BCUT2D eigenvalue weighted by atomic mass is 10.2. The Balaban J connectivity index is 1.99. The Morgan fingerprint density at radius 1 is 1.17 bits per heavy atom. The number of para-hydroxylation sites is 1. The van der Waals surface area contributed by atoms with Crippen LogP contribution in [0, 0.1) is 0 Å². The Bertz CT molecular complexity index is 290. The summed E-state index contributed by atoms with van der Waals surface area (Å²) in [6.07, 6.45) is 4.78. The summed E-state index contributed by atoms with van der Waals surface area (Å²) in [5.74, 6) is 2.73. The number of thioether (sulfide) groups is 1. The van der Waals surface area contributed by atoms with Crippen LogP contribution in [0.5, 0.6) is 5.75 Å². The van der Waals surface area contributed by atoms with Crippen molar-refractivity contribution in [3.8, 4) is 5.75 Å². The van der Waals surface area contributed by atoms with Crippen molar-refractivity contribution in [2.45, 2.75) is 38.7 Å². The largest absolute Gasteiger partial charge is 0.491 e. The smallest absolute Gasteiger partial charge is 0.119 e. The minimum Gasteiger partial charge on any atom is -0.491 e. The molecule has 0 heterocycles. The van der Waals surface area contributed by atoms with E-state index in [9.17, 15) is 5.11 Å². The molecule has 0 aromatic heterocycles. The van der Waals surface area contributed by atoms with Crippen LogP contribution in [0.2, 0.25) is 0 Å². The molecule has 1 unspecified atom stereocenters. The van der Waals surface area contributed by atoms with Gasteiger partial charge in [-0.15, -0.1) is 0 Å². The van der Waals surface area contributed by atoms with Gasteiger partial charge >= 0.3 is 0 Å². The molecule has 18 heavy (non-hydrogen) atoms. The number of unbranched alkanes of at least 4 members (excludes halogenated alkanes) is 3. The maximum Gasteiger partial charge on any atom is 0.119 e. The van der Waals surface area contributed by atoms with E-state index in [4.69, 9.17) is 4.74 Å². The first-order valence-corrected chi connectivity index (χ1v) is 7.92. The van der Waals surface area contributed by atoms with E-state index in [1.165, 1.54) is 25.7 Å². The third kappa shape index (κ3) is 7.62. The maximum atomic E-state index is 9.77. The summed E-state index contributed by atoms with van der Waals surface area (Å²) in [5.41, 5.74) is 0. The number of aliphatic hydroxyl groups is 1. The summed E-state index contributed by atoms with van der Waals surface area (Å²) >= 11 is 1.82. The summed E-state index contributed by atoms with van der Waals surface area (Å²) in [7, 11) is 0. The van der Waals surface area contributed by atoms with E-state index in [0.717, 1.165) is 17.3 Å². The molecule has 0 fully saturated rings. The molecule has 1 aromatic carbocycles. The molecule has 1 rings (SSSR count). The molecular weight excluding hydrogens is 244 g/mol. The van der Waals surface area contributed by atoms with Crippen LogP contribution in [0.4, 0.5) is 0 Å². The highest BCUT2D eigenvalue weighted by molar-refractivity contribution is 7.99. The molecule has 3 heteroatoms. The number of hydrogen-bond acceptors (Lipinski definition) is 3. The van der Waals surface area contributed by atoms with Gasteiger partial charge in [-0.3, -0.25) is 0 Å². The van der Waals surface area contributed by atoms with Crippen molar-refractivity contribution >= 4 is 11.8 Å². The molecule has 2 nitrogen and oxygen atoms in total. The van der Waals surface area contributed by atoms with Gasteiger partial charge in [-0.2, -0.15) is 11.8 Å². The van der Waals surface area contributed by atoms with E-state index in [-0.39, 0.29) is 6.10 Å². The third-order valence-electron chi connectivity index (χ3n) is 2.64. The van der Waals surface area contributed by atoms with Gasteiger partial charge in [-0.1, -0.05) is 44.4 Å². The number of aliphatic hydroxyl groups excluding tert-OH is 1. The Morgan fingerprint density at radius 2 is 1.94 bits per heavy atom. The van der Waals surface area contributed by atoms with Crippen LogP contribution in [0.3, 0.4) is 0 Å². The Morgan fingerprint density at radius 3 is 2.67 bits per heavy atom. The minimum absolute atomic E-state index is 0.374. The van der Waals surface area contributed by atoms with E-state index in [2.05, 4.69) is 6.92 Å². The average molecular weight is 268 g/mol. The SMILES string of the molecule is CCCCCCSCC(O)COc1ccccc1. The maximum absolute atomic E-state index is 9.77. The molecule has 0 amide bonds. The van der Waals surface area contributed by atoms with Crippen molar-refractivity contribution in [2.24, 2.45) is 0 Å².